The van der Waals surface area contributed by atoms with Crippen LogP contribution in [0.25, 0.3) is 0 Å². The molecule has 1 aromatic rings. The van der Waals surface area contributed by atoms with Crippen molar-refractivity contribution in [3.8, 4) is 0 Å². The molecule has 26 heavy (non-hydrogen) atoms. The summed E-state index contributed by atoms with van der Waals surface area (Å²) in [6, 6.07) is 5.63. The van der Waals surface area contributed by atoms with Crippen LogP contribution in [0, 0.1) is 17.8 Å². The molecule has 0 saturated heterocycles. The summed E-state index contributed by atoms with van der Waals surface area (Å²) >= 11 is 0. The molecule has 0 aliphatic heterocycles. The molecule has 2 bridgehead atoms. The monoisotopic (exact) mass is 368 g/mol. The van der Waals surface area contributed by atoms with Crippen LogP contribution in [0.1, 0.15) is 50.2 Å². The molecule has 3 unspecified atom stereocenters. The maximum atomic E-state index is 12.8. The Morgan fingerprint density at radius 3 is 2.54 bits per heavy atom. The van der Waals surface area contributed by atoms with E-state index in [2.05, 4.69) is 5.32 Å². The van der Waals surface area contributed by atoms with Crippen molar-refractivity contribution in [2.45, 2.75) is 63.7 Å². The summed E-state index contributed by atoms with van der Waals surface area (Å²) in [7, 11) is 0. The second-order valence-electron chi connectivity index (χ2n) is 8.02. The second kappa shape index (κ2) is 7.59. The van der Waals surface area contributed by atoms with Crippen molar-refractivity contribution in [2.75, 3.05) is 0 Å². The van der Waals surface area contributed by atoms with Crippen molar-refractivity contribution in [1.82, 2.24) is 5.32 Å². The number of alkyl halides is 3. The minimum atomic E-state index is -4.36. The van der Waals surface area contributed by atoms with E-state index in [1.807, 2.05) is 0 Å². The van der Waals surface area contributed by atoms with Gasteiger partial charge in [0.15, 0.2) is 0 Å². The number of amides is 1. The Hall–Kier alpha value is -1.56. The van der Waals surface area contributed by atoms with Gasteiger partial charge >= 0.3 is 6.18 Å². The van der Waals surface area contributed by atoms with E-state index in [1.54, 1.807) is 13.0 Å². The van der Waals surface area contributed by atoms with Crippen LogP contribution in [0.4, 0.5) is 13.2 Å². The Bertz CT molecular complexity index is 632. The third-order valence-corrected chi connectivity index (χ3v) is 5.93. The zero-order chi connectivity index (χ0) is 18.9. The van der Waals surface area contributed by atoms with Gasteiger partial charge in [0.25, 0.3) is 0 Å². The number of nitrogens with one attached hydrogen (secondary N) is 1. The number of carbonyl (C=O) groups is 1. The molecule has 1 aromatic carbocycles. The number of carbonyl (C=O) groups excluding carboxylic acids is 1. The van der Waals surface area contributed by atoms with Crippen LogP contribution in [0.15, 0.2) is 24.3 Å². The van der Waals surface area contributed by atoms with Crippen LogP contribution < -0.4 is 11.1 Å². The highest BCUT2D eigenvalue weighted by atomic mass is 19.4. The predicted octanol–water partition coefficient (Wildman–Crippen LogP) is 3.91. The van der Waals surface area contributed by atoms with Gasteiger partial charge < -0.3 is 11.1 Å². The number of nitrogens with two attached hydrogens (primary N) is 1. The van der Waals surface area contributed by atoms with Crippen LogP contribution in [0.3, 0.4) is 0 Å². The van der Waals surface area contributed by atoms with Crippen LogP contribution in [-0.4, -0.2) is 18.0 Å². The Kier molecular flexibility index (Phi) is 5.61. The molecule has 6 heteroatoms. The van der Waals surface area contributed by atoms with Crippen LogP contribution in [-0.2, 0) is 17.4 Å². The SMILES string of the molecule is CC(Cc1cccc(C(F)(F)F)c1)C(=O)NC1C2CCCC1CC(N)C2. The summed E-state index contributed by atoms with van der Waals surface area (Å²) in [5.74, 6) is 0.430. The zero-order valence-corrected chi connectivity index (χ0v) is 15.1. The Balaban J connectivity index is 1.62. The maximum Gasteiger partial charge on any atom is 0.416 e. The molecule has 0 heterocycles. The van der Waals surface area contributed by atoms with Gasteiger partial charge in [-0.05, 0) is 55.6 Å². The number of halogens is 3. The minimum absolute atomic E-state index is 0.0696. The molecule has 3 nitrogen and oxygen atoms in total. The highest BCUT2D eigenvalue weighted by Gasteiger charge is 2.40. The average molecular weight is 368 g/mol. The first-order valence-corrected chi connectivity index (χ1v) is 9.46. The smallest absolute Gasteiger partial charge is 0.353 e. The van der Waals surface area contributed by atoms with Crippen molar-refractivity contribution in [3.63, 3.8) is 0 Å². The predicted molar refractivity (Wildman–Crippen MR) is 94.3 cm³/mol. The quantitative estimate of drug-likeness (QED) is 0.847. The molecule has 2 saturated carbocycles. The van der Waals surface area contributed by atoms with Crippen LogP contribution >= 0.6 is 0 Å². The van der Waals surface area contributed by atoms with E-state index < -0.39 is 11.7 Å². The minimum Gasteiger partial charge on any atom is -0.353 e. The summed E-state index contributed by atoms with van der Waals surface area (Å²) in [5.41, 5.74) is 5.99. The highest BCUT2D eigenvalue weighted by molar-refractivity contribution is 5.79. The van der Waals surface area contributed by atoms with E-state index in [1.165, 1.54) is 12.5 Å². The summed E-state index contributed by atoms with van der Waals surface area (Å²) in [4.78, 5) is 12.6. The summed E-state index contributed by atoms with van der Waals surface area (Å²) in [5, 5.41) is 3.19. The highest BCUT2D eigenvalue weighted by Crippen LogP contribution is 2.39. The van der Waals surface area contributed by atoms with E-state index in [0.29, 0.717) is 23.8 Å². The Labute approximate surface area is 152 Å². The van der Waals surface area contributed by atoms with E-state index in [4.69, 9.17) is 5.73 Å². The molecule has 3 N–H and O–H groups in total. The molecule has 0 radical (unpaired) electrons. The lowest BCUT2D eigenvalue weighted by Crippen LogP contribution is -2.54. The van der Waals surface area contributed by atoms with E-state index in [-0.39, 0.29) is 23.9 Å². The van der Waals surface area contributed by atoms with E-state index >= 15 is 0 Å². The van der Waals surface area contributed by atoms with Crippen LogP contribution in [0.2, 0.25) is 0 Å². The lowest BCUT2D eigenvalue weighted by molar-refractivity contribution is -0.137. The van der Waals surface area contributed by atoms with Crippen molar-refractivity contribution in [1.29, 1.82) is 0 Å². The molecule has 3 atom stereocenters. The first-order valence-electron chi connectivity index (χ1n) is 9.46. The third-order valence-electron chi connectivity index (χ3n) is 5.93. The van der Waals surface area contributed by atoms with Crippen LogP contribution in [0.5, 0.6) is 0 Å². The van der Waals surface area contributed by atoms with Gasteiger partial charge in [0.2, 0.25) is 5.91 Å². The topological polar surface area (TPSA) is 55.1 Å². The molecule has 0 spiro atoms. The molecule has 3 rings (SSSR count). The number of hydrogen-bond donors (Lipinski definition) is 2. The lowest BCUT2D eigenvalue weighted by atomic mass is 9.67. The second-order valence-corrected chi connectivity index (χ2v) is 8.02. The third kappa shape index (κ3) is 4.40. The van der Waals surface area contributed by atoms with E-state index in [9.17, 15) is 18.0 Å². The molecule has 2 fully saturated rings. The summed E-state index contributed by atoms with van der Waals surface area (Å²) in [6.45, 7) is 1.78. The molecule has 2 aliphatic carbocycles. The van der Waals surface area contributed by atoms with Gasteiger partial charge in [-0.3, -0.25) is 4.79 Å². The fraction of sp³-hybridized carbons (Fsp3) is 0.650. The van der Waals surface area contributed by atoms with Gasteiger partial charge in [-0.2, -0.15) is 13.2 Å². The van der Waals surface area contributed by atoms with Gasteiger partial charge in [0.1, 0.15) is 0 Å². The maximum absolute atomic E-state index is 12.8. The molecule has 1 amide bonds. The van der Waals surface area contributed by atoms with E-state index in [0.717, 1.165) is 37.8 Å². The number of rotatable bonds is 4. The Morgan fingerprint density at radius 1 is 1.27 bits per heavy atom. The molecule has 2 aliphatic rings. The standard InChI is InChI=1S/C20H27F3N2O/c1-12(8-13-4-2-7-16(9-13)20(21,22)23)19(26)25-18-14-5-3-6-15(18)11-17(24)10-14/h2,4,7,9,12,14-15,17-18H,3,5-6,8,10-11,24H2,1H3,(H,25,26). The molecular formula is C20H27F3N2O. The molecule has 0 aromatic heterocycles. The van der Waals surface area contributed by atoms with Gasteiger partial charge in [0.05, 0.1) is 5.56 Å². The van der Waals surface area contributed by atoms with Gasteiger partial charge in [0, 0.05) is 18.0 Å². The molecular weight excluding hydrogens is 341 g/mol. The summed E-state index contributed by atoms with van der Waals surface area (Å²) in [6.07, 6.45) is 1.21. The fourth-order valence-corrected chi connectivity index (χ4v) is 4.65. The zero-order valence-electron chi connectivity index (χ0n) is 15.1. The van der Waals surface area contributed by atoms with Gasteiger partial charge in [-0.25, -0.2) is 0 Å². The fourth-order valence-electron chi connectivity index (χ4n) is 4.65. The number of benzene rings is 1. The average Bonchev–Trinajstić information content (AvgIpc) is 2.55. The van der Waals surface area contributed by atoms with Crippen molar-refractivity contribution < 1.29 is 18.0 Å². The van der Waals surface area contributed by atoms with Gasteiger partial charge in [-0.15, -0.1) is 0 Å². The first kappa shape index (κ1) is 19.2. The number of fused-ring (bicyclic) bond motifs is 2. The lowest BCUT2D eigenvalue weighted by Gasteiger charge is -2.45. The first-order chi connectivity index (χ1) is 12.2. The molecule has 144 valence electrons. The normalized spacial score (nSPS) is 29.9. The summed E-state index contributed by atoms with van der Waals surface area (Å²) < 4.78 is 38.5. The van der Waals surface area contributed by atoms with Gasteiger partial charge in [-0.1, -0.05) is 31.5 Å². The Morgan fingerprint density at radius 2 is 1.92 bits per heavy atom. The number of hydrogen-bond acceptors (Lipinski definition) is 2. The largest absolute Gasteiger partial charge is 0.416 e. The van der Waals surface area contributed by atoms with Crippen molar-refractivity contribution in [3.05, 3.63) is 35.4 Å². The van der Waals surface area contributed by atoms with Crippen molar-refractivity contribution >= 4 is 5.91 Å². The van der Waals surface area contributed by atoms with Crippen molar-refractivity contribution in [2.24, 2.45) is 23.5 Å².